The molecule has 0 saturated heterocycles. The monoisotopic (exact) mass is 553 g/mol. The number of hydrogen-bond donors (Lipinski definition) is 2. The number of esters is 2. The summed E-state index contributed by atoms with van der Waals surface area (Å²) in [5, 5.41) is 6.91. The van der Waals surface area contributed by atoms with Gasteiger partial charge in [0.2, 0.25) is 0 Å². The number of benzene rings is 2. The third kappa shape index (κ3) is 6.45. The van der Waals surface area contributed by atoms with Crippen LogP contribution >= 0.6 is 22.9 Å². The number of hydrogen-bond acceptors (Lipinski definition) is 8. The Morgan fingerprint density at radius 3 is 2.61 bits per heavy atom. The van der Waals surface area contributed by atoms with Gasteiger partial charge in [0.1, 0.15) is 10.8 Å². The molecule has 2 amide bonds. The van der Waals surface area contributed by atoms with Crippen LogP contribution in [-0.4, -0.2) is 36.6 Å². The van der Waals surface area contributed by atoms with Crippen LogP contribution in [0.5, 0.6) is 5.75 Å². The molecule has 38 heavy (non-hydrogen) atoms. The lowest BCUT2D eigenvalue weighted by Crippen LogP contribution is -2.32. The van der Waals surface area contributed by atoms with Gasteiger partial charge in [-0.2, -0.15) is 5.10 Å². The molecule has 0 saturated carbocycles. The number of fused-ring (bicyclic) bond motifs is 1. The quantitative estimate of drug-likeness (QED) is 0.143. The first-order valence-electron chi connectivity index (χ1n) is 11.9. The Morgan fingerprint density at radius 2 is 1.82 bits per heavy atom. The number of amides is 2. The molecular formula is C27H24ClN3O6S. The average Bonchev–Trinajstić information content (AvgIpc) is 3.27. The topological polar surface area (TPSA) is 123 Å². The third-order valence-corrected chi connectivity index (χ3v) is 7.16. The molecule has 0 unspecified atom stereocenters. The number of ether oxygens (including phenoxy) is 2. The maximum absolute atomic E-state index is 12.5. The summed E-state index contributed by atoms with van der Waals surface area (Å²) in [5.74, 6) is -2.86. The van der Waals surface area contributed by atoms with Gasteiger partial charge in [-0.25, -0.2) is 15.0 Å². The van der Waals surface area contributed by atoms with Crippen molar-refractivity contribution in [2.75, 3.05) is 11.9 Å². The first-order chi connectivity index (χ1) is 18.4. The molecule has 0 radical (unpaired) electrons. The van der Waals surface area contributed by atoms with E-state index in [1.165, 1.54) is 23.6 Å². The van der Waals surface area contributed by atoms with Crippen LogP contribution in [0.2, 0.25) is 5.02 Å². The lowest BCUT2D eigenvalue weighted by molar-refractivity contribution is -0.136. The van der Waals surface area contributed by atoms with Crippen molar-refractivity contribution in [3.63, 3.8) is 0 Å². The van der Waals surface area contributed by atoms with Gasteiger partial charge in [-0.3, -0.25) is 9.59 Å². The van der Waals surface area contributed by atoms with Crippen molar-refractivity contribution in [3.8, 4) is 5.75 Å². The Bertz CT molecular complexity index is 1420. The van der Waals surface area contributed by atoms with E-state index in [4.69, 9.17) is 21.1 Å². The van der Waals surface area contributed by atoms with Crippen LogP contribution < -0.4 is 15.5 Å². The highest BCUT2D eigenvalue weighted by Gasteiger charge is 2.28. The van der Waals surface area contributed by atoms with Gasteiger partial charge in [0.05, 0.1) is 29.0 Å². The van der Waals surface area contributed by atoms with E-state index in [-0.39, 0.29) is 22.9 Å². The zero-order chi connectivity index (χ0) is 27.1. The Kier molecular flexibility index (Phi) is 8.88. The minimum atomic E-state index is -1.01. The van der Waals surface area contributed by atoms with E-state index < -0.39 is 23.8 Å². The maximum atomic E-state index is 12.5. The Labute approximate surface area is 227 Å². The van der Waals surface area contributed by atoms with Gasteiger partial charge in [-0.05, 0) is 68.0 Å². The summed E-state index contributed by atoms with van der Waals surface area (Å²) in [5.41, 5.74) is 4.09. The number of nitrogens with zero attached hydrogens (tertiary/aromatic N) is 1. The van der Waals surface area contributed by atoms with E-state index in [1.807, 2.05) is 0 Å². The predicted molar refractivity (Wildman–Crippen MR) is 144 cm³/mol. The Morgan fingerprint density at radius 1 is 1.03 bits per heavy atom. The first-order valence-corrected chi connectivity index (χ1v) is 13.1. The molecule has 0 bridgehead atoms. The normalized spacial score (nSPS) is 12.5. The molecule has 11 heteroatoms. The van der Waals surface area contributed by atoms with E-state index in [9.17, 15) is 19.2 Å². The standard InChI is InChI=1S/C27H24ClN3O6S/c1-2-36-27(35)22-19-11-4-6-13-21(19)38-25(22)30-23(32)24(33)31-29-15-16-8-7-9-17(14-16)37-26(34)18-10-3-5-12-20(18)28/h3,5,7-10,12,14-15H,2,4,6,11,13H2,1H3,(H,30,32)(H,31,33). The Hall–Kier alpha value is -4.02. The van der Waals surface area contributed by atoms with Crippen molar-refractivity contribution in [3.05, 3.63) is 80.7 Å². The molecule has 0 aliphatic heterocycles. The summed E-state index contributed by atoms with van der Waals surface area (Å²) in [6, 6.07) is 13.0. The lowest BCUT2D eigenvalue weighted by Gasteiger charge is -2.12. The summed E-state index contributed by atoms with van der Waals surface area (Å²) < 4.78 is 10.5. The smallest absolute Gasteiger partial charge is 0.345 e. The predicted octanol–water partition coefficient (Wildman–Crippen LogP) is 4.77. The molecule has 0 atom stereocenters. The van der Waals surface area contributed by atoms with E-state index in [1.54, 1.807) is 49.4 Å². The number of aryl methyl sites for hydroxylation is 1. The fourth-order valence-electron chi connectivity index (χ4n) is 3.90. The molecule has 196 valence electrons. The molecule has 1 aliphatic carbocycles. The number of carbonyl (C=O) groups excluding carboxylic acids is 4. The summed E-state index contributed by atoms with van der Waals surface area (Å²) in [4.78, 5) is 50.8. The fourth-order valence-corrected chi connectivity index (χ4v) is 5.38. The first kappa shape index (κ1) is 27.0. The maximum Gasteiger partial charge on any atom is 0.345 e. The molecule has 3 aromatic rings. The number of thiophene rings is 1. The van der Waals surface area contributed by atoms with Crippen molar-refractivity contribution in [2.45, 2.75) is 32.6 Å². The number of carbonyl (C=O) groups is 4. The molecule has 0 spiro atoms. The highest BCUT2D eigenvalue weighted by atomic mass is 35.5. The number of nitrogens with one attached hydrogen (secondary N) is 2. The van der Waals surface area contributed by atoms with Gasteiger partial charge in [0.15, 0.2) is 0 Å². The highest BCUT2D eigenvalue weighted by Crippen LogP contribution is 2.38. The second-order valence-corrected chi connectivity index (χ2v) is 9.74. The molecule has 1 aliphatic rings. The number of anilines is 1. The molecule has 1 aromatic heterocycles. The van der Waals surface area contributed by atoms with Gasteiger partial charge in [0.25, 0.3) is 0 Å². The number of halogens is 1. The van der Waals surface area contributed by atoms with E-state index in [0.29, 0.717) is 16.1 Å². The third-order valence-electron chi connectivity index (χ3n) is 5.63. The molecule has 0 fully saturated rings. The minimum Gasteiger partial charge on any atom is -0.462 e. The molecule has 2 N–H and O–H groups in total. The van der Waals surface area contributed by atoms with Crippen molar-refractivity contribution < 1.29 is 28.7 Å². The zero-order valence-corrected chi connectivity index (χ0v) is 22.0. The lowest BCUT2D eigenvalue weighted by atomic mass is 9.95. The summed E-state index contributed by atoms with van der Waals surface area (Å²) >= 11 is 7.33. The van der Waals surface area contributed by atoms with E-state index in [0.717, 1.165) is 36.1 Å². The van der Waals surface area contributed by atoms with Crippen LogP contribution in [-0.2, 0) is 27.2 Å². The molecule has 4 rings (SSSR count). The molecule has 2 aromatic carbocycles. The second kappa shape index (κ2) is 12.5. The van der Waals surface area contributed by atoms with Gasteiger partial charge in [-0.15, -0.1) is 11.3 Å². The highest BCUT2D eigenvalue weighted by molar-refractivity contribution is 7.17. The zero-order valence-electron chi connectivity index (χ0n) is 20.4. The van der Waals surface area contributed by atoms with E-state index in [2.05, 4.69) is 15.8 Å². The van der Waals surface area contributed by atoms with Crippen LogP contribution in [0.4, 0.5) is 5.00 Å². The summed E-state index contributed by atoms with van der Waals surface area (Å²) in [7, 11) is 0. The van der Waals surface area contributed by atoms with Crippen molar-refractivity contribution in [2.24, 2.45) is 5.10 Å². The van der Waals surface area contributed by atoms with Gasteiger partial charge >= 0.3 is 23.8 Å². The fraction of sp³-hybridized carbons (Fsp3) is 0.222. The molecule has 9 nitrogen and oxygen atoms in total. The molecule has 1 heterocycles. The van der Waals surface area contributed by atoms with Crippen LogP contribution in [0.1, 0.15) is 56.5 Å². The molecular weight excluding hydrogens is 530 g/mol. The van der Waals surface area contributed by atoms with Crippen LogP contribution in [0.15, 0.2) is 53.6 Å². The summed E-state index contributed by atoms with van der Waals surface area (Å²) in [6.07, 6.45) is 4.77. The van der Waals surface area contributed by atoms with Crippen LogP contribution in [0.25, 0.3) is 0 Å². The SMILES string of the molecule is CCOC(=O)c1c(NC(=O)C(=O)NN=Cc2cccc(OC(=O)c3ccccc3Cl)c2)sc2c1CCCC2. The minimum absolute atomic E-state index is 0.201. The van der Waals surface area contributed by atoms with E-state index >= 15 is 0 Å². The Balaban J connectivity index is 1.38. The van der Waals surface area contributed by atoms with Crippen LogP contribution in [0.3, 0.4) is 0 Å². The van der Waals surface area contributed by atoms with Gasteiger partial charge in [-0.1, -0.05) is 35.9 Å². The second-order valence-electron chi connectivity index (χ2n) is 8.23. The van der Waals surface area contributed by atoms with Crippen molar-refractivity contribution in [1.29, 1.82) is 0 Å². The van der Waals surface area contributed by atoms with Gasteiger partial charge in [0, 0.05) is 4.88 Å². The van der Waals surface area contributed by atoms with Crippen LogP contribution in [0, 0.1) is 0 Å². The van der Waals surface area contributed by atoms with Crippen molar-refractivity contribution >= 4 is 57.9 Å². The number of hydrazone groups is 1. The largest absolute Gasteiger partial charge is 0.462 e. The number of rotatable bonds is 7. The summed E-state index contributed by atoms with van der Waals surface area (Å²) in [6.45, 7) is 1.91. The van der Waals surface area contributed by atoms with Crippen molar-refractivity contribution in [1.82, 2.24) is 5.43 Å². The van der Waals surface area contributed by atoms with Gasteiger partial charge < -0.3 is 14.8 Å². The average molecular weight is 554 g/mol.